The number of carboxylic acid groups (broad SMARTS) is 1. The first-order valence-corrected chi connectivity index (χ1v) is 7.43. The zero-order valence-electron chi connectivity index (χ0n) is 10.1. The maximum absolute atomic E-state index is 12.9. The number of nitrogens with one attached hydrogen (secondary N) is 1. The van der Waals surface area contributed by atoms with Crippen molar-refractivity contribution < 1.29 is 27.4 Å². The molecule has 1 heterocycles. The van der Waals surface area contributed by atoms with Gasteiger partial charge in [-0.05, 0) is 18.2 Å². The Morgan fingerprint density at radius 1 is 1.50 bits per heavy atom. The number of carbonyl (C=O) groups is 1. The van der Waals surface area contributed by atoms with Gasteiger partial charge in [-0.3, -0.25) is 4.79 Å². The van der Waals surface area contributed by atoms with Crippen LogP contribution in [0.2, 0.25) is 5.02 Å². The molecule has 0 radical (unpaired) electrons. The van der Waals surface area contributed by atoms with Crippen LogP contribution >= 0.6 is 11.6 Å². The van der Waals surface area contributed by atoms with Gasteiger partial charge < -0.3 is 9.84 Å². The summed E-state index contributed by atoms with van der Waals surface area (Å²) in [4.78, 5) is 10.9. The monoisotopic (exact) mass is 323 g/mol. The summed E-state index contributed by atoms with van der Waals surface area (Å²) in [6.45, 7) is -0.146. The summed E-state index contributed by atoms with van der Waals surface area (Å²) >= 11 is 5.69. The van der Waals surface area contributed by atoms with Crippen LogP contribution in [0.25, 0.3) is 0 Å². The van der Waals surface area contributed by atoms with E-state index in [1.54, 1.807) is 0 Å². The van der Waals surface area contributed by atoms with Crippen molar-refractivity contribution in [1.82, 2.24) is 4.72 Å². The maximum atomic E-state index is 12.9. The number of aliphatic carboxylic acids is 1. The number of benzene rings is 1. The van der Waals surface area contributed by atoms with Gasteiger partial charge in [0, 0.05) is 13.0 Å². The molecule has 0 saturated carbocycles. The largest absolute Gasteiger partial charge is 0.480 e. The van der Waals surface area contributed by atoms with Gasteiger partial charge in [0.25, 0.3) is 0 Å². The topological polar surface area (TPSA) is 92.7 Å². The minimum absolute atomic E-state index is 0.000374. The highest BCUT2D eigenvalue weighted by Gasteiger charge is 2.46. The maximum Gasteiger partial charge on any atom is 0.327 e. The zero-order chi connectivity index (χ0) is 15.0. The minimum Gasteiger partial charge on any atom is -0.480 e. The Morgan fingerprint density at radius 2 is 2.20 bits per heavy atom. The van der Waals surface area contributed by atoms with E-state index in [-0.39, 0.29) is 29.6 Å². The molecule has 0 aliphatic carbocycles. The Kier molecular flexibility index (Phi) is 4.01. The van der Waals surface area contributed by atoms with Crippen molar-refractivity contribution in [3.05, 3.63) is 29.0 Å². The number of hydrogen-bond donors (Lipinski definition) is 2. The molecule has 2 N–H and O–H groups in total. The molecule has 1 aromatic rings. The summed E-state index contributed by atoms with van der Waals surface area (Å²) in [5.41, 5.74) is -1.73. The van der Waals surface area contributed by atoms with Crippen molar-refractivity contribution in [2.24, 2.45) is 0 Å². The second-order valence-corrected chi connectivity index (χ2v) is 6.43. The zero-order valence-corrected chi connectivity index (χ0v) is 11.7. The van der Waals surface area contributed by atoms with E-state index in [9.17, 15) is 22.7 Å². The van der Waals surface area contributed by atoms with Gasteiger partial charge in [0.2, 0.25) is 10.0 Å². The second-order valence-electron chi connectivity index (χ2n) is 4.37. The molecule has 1 atom stereocenters. The molecule has 20 heavy (non-hydrogen) atoms. The average Bonchev–Trinajstić information content (AvgIpc) is 2.77. The number of ether oxygens (including phenoxy) is 1. The second kappa shape index (κ2) is 5.28. The molecule has 1 aliphatic rings. The first kappa shape index (κ1) is 15.2. The molecule has 0 aromatic heterocycles. The van der Waals surface area contributed by atoms with Crippen LogP contribution in [-0.2, 0) is 19.6 Å². The standard InChI is InChI=1S/C11H11ClFNO5S/c12-8-5-7(13)1-2-9(8)20(17,18)14-11(10(15)16)3-4-19-6-11/h1-2,5,14H,3-4,6H2,(H,15,16). The summed E-state index contributed by atoms with van der Waals surface area (Å²) in [5.74, 6) is -2.03. The predicted molar refractivity (Wildman–Crippen MR) is 67.5 cm³/mol. The van der Waals surface area contributed by atoms with Gasteiger partial charge in [-0.25, -0.2) is 12.8 Å². The number of carboxylic acids is 1. The average molecular weight is 324 g/mol. The third-order valence-corrected chi connectivity index (χ3v) is 4.96. The van der Waals surface area contributed by atoms with Crippen molar-refractivity contribution in [1.29, 1.82) is 0 Å². The summed E-state index contributed by atoms with van der Waals surface area (Å²) < 4.78 is 44.4. The molecule has 1 saturated heterocycles. The smallest absolute Gasteiger partial charge is 0.327 e. The molecule has 1 unspecified atom stereocenters. The molecule has 9 heteroatoms. The third kappa shape index (κ3) is 2.78. The highest BCUT2D eigenvalue weighted by molar-refractivity contribution is 7.89. The van der Waals surface area contributed by atoms with Crippen molar-refractivity contribution >= 4 is 27.6 Å². The fourth-order valence-electron chi connectivity index (χ4n) is 1.86. The quantitative estimate of drug-likeness (QED) is 0.862. The first-order valence-electron chi connectivity index (χ1n) is 5.57. The molecule has 0 spiro atoms. The van der Waals surface area contributed by atoms with Gasteiger partial charge in [0.15, 0.2) is 5.54 Å². The van der Waals surface area contributed by atoms with Crippen molar-refractivity contribution in [2.45, 2.75) is 16.9 Å². The molecule has 1 aromatic carbocycles. The summed E-state index contributed by atoms with van der Waals surface area (Å²) in [6.07, 6.45) is 0.000374. The molecular weight excluding hydrogens is 313 g/mol. The number of sulfonamides is 1. The van der Waals surface area contributed by atoms with Crippen LogP contribution < -0.4 is 4.72 Å². The minimum atomic E-state index is -4.20. The highest BCUT2D eigenvalue weighted by Crippen LogP contribution is 2.26. The van der Waals surface area contributed by atoms with E-state index in [1.165, 1.54) is 0 Å². The van der Waals surface area contributed by atoms with Gasteiger partial charge in [-0.1, -0.05) is 11.6 Å². The lowest BCUT2D eigenvalue weighted by Crippen LogP contribution is -2.55. The van der Waals surface area contributed by atoms with E-state index in [4.69, 9.17) is 16.3 Å². The van der Waals surface area contributed by atoms with Gasteiger partial charge in [-0.15, -0.1) is 0 Å². The molecular formula is C11H11ClFNO5S. The molecule has 0 bridgehead atoms. The van der Waals surface area contributed by atoms with Crippen molar-refractivity contribution in [3.8, 4) is 0 Å². The van der Waals surface area contributed by atoms with Crippen LogP contribution in [0.4, 0.5) is 4.39 Å². The number of halogens is 2. The van der Waals surface area contributed by atoms with Crippen LogP contribution in [-0.4, -0.2) is 38.2 Å². The van der Waals surface area contributed by atoms with E-state index < -0.39 is 27.3 Å². The third-order valence-electron chi connectivity index (χ3n) is 2.94. The van der Waals surface area contributed by atoms with Crippen LogP contribution in [0, 0.1) is 5.82 Å². The van der Waals surface area contributed by atoms with E-state index in [0.29, 0.717) is 0 Å². The molecule has 2 rings (SSSR count). The van der Waals surface area contributed by atoms with Crippen LogP contribution in [0.5, 0.6) is 0 Å². The van der Waals surface area contributed by atoms with Crippen LogP contribution in [0.3, 0.4) is 0 Å². The Labute approximate surface area is 119 Å². The highest BCUT2D eigenvalue weighted by atomic mass is 35.5. The lowest BCUT2D eigenvalue weighted by Gasteiger charge is -2.23. The lowest BCUT2D eigenvalue weighted by atomic mass is 10.0. The van der Waals surface area contributed by atoms with Gasteiger partial charge in [-0.2, -0.15) is 4.72 Å². The Balaban J connectivity index is 2.38. The molecule has 110 valence electrons. The van der Waals surface area contributed by atoms with E-state index >= 15 is 0 Å². The molecule has 1 aliphatic heterocycles. The van der Waals surface area contributed by atoms with Crippen molar-refractivity contribution in [2.75, 3.05) is 13.2 Å². The predicted octanol–water partition coefficient (Wildman–Crippen LogP) is 1.00. The van der Waals surface area contributed by atoms with Gasteiger partial charge in [0.1, 0.15) is 10.7 Å². The Morgan fingerprint density at radius 3 is 2.70 bits per heavy atom. The summed E-state index contributed by atoms with van der Waals surface area (Å²) in [7, 11) is -4.20. The number of rotatable bonds is 4. The van der Waals surface area contributed by atoms with Gasteiger partial charge in [0.05, 0.1) is 11.6 Å². The van der Waals surface area contributed by atoms with E-state index in [2.05, 4.69) is 4.72 Å². The molecule has 0 amide bonds. The molecule has 6 nitrogen and oxygen atoms in total. The lowest BCUT2D eigenvalue weighted by molar-refractivity contribution is -0.144. The first-order chi connectivity index (χ1) is 9.27. The molecule has 1 fully saturated rings. The van der Waals surface area contributed by atoms with E-state index in [1.807, 2.05) is 0 Å². The van der Waals surface area contributed by atoms with Crippen LogP contribution in [0.15, 0.2) is 23.1 Å². The fraction of sp³-hybridized carbons (Fsp3) is 0.364. The Bertz CT molecular complexity index is 642. The summed E-state index contributed by atoms with van der Waals surface area (Å²) in [6, 6.07) is 2.75. The SMILES string of the molecule is O=C(O)C1(NS(=O)(=O)c2ccc(F)cc2Cl)CCOC1. The fourth-order valence-corrected chi connectivity index (χ4v) is 3.77. The summed E-state index contributed by atoms with van der Waals surface area (Å²) in [5, 5.41) is 8.87. The Hall–Kier alpha value is -1.22. The van der Waals surface area contributed by atoms with Crippen LogP contribution in [0.1, 0.15) is 6.42 Å². The van der Waals surface area contributed by atoms with E-state index in [0.717, 1.165) is 18.2 Å². The van der Waals surface area contributed by atoms with Gasteiger partial charge >= 0.3 is 5.97 Å². The number of hydrogen-bond acceptors (Lipinski definition) is 4. The van der Waals surface area contributed by atoms with Crippen molar-refractivity contribution in [3.63, 3.8) is 0 Å². The normalized spacial score (nSPS) is 22.9.